The quantitative estimate of drug-likeness (QED) is 0.904. The van der Waals surface area contributed by atoms with Crippen LogP contribution in [0.2, 0.25) is 0 Å². The van der Waals surface area contributed by atoms with Gasteiger partial charge in [-0.15, -0.1) is 15.0 Å². The van der Waals surface area contributed by atoms with E-state index in [1.54, 1.807) is 0 Å². The minimum absolute atomic E-state index is 0.0192. The molecule has 6 heteroatoms. The highest BCUT2D eigenvalue weighted by atomic mass is 16.4. The van der Waals surface area contributed by atoms with Gasteiger partial charge in [-0.3, -0.25) is 0 Å². The van der Waals surface area contributed by atoms with E-state index in [9.17, 15) is 9.90 Å². The molecule has 2 aromatic rings. The van der Waals surface area contributed by atoms with Crippen LogP contribution in [-0.4, -0.2) is 39.2 Å². The number of aromatic carboxylic acids is 1. The third-order valence-electron chi connectivity index (χ3n) is 3.13. The maximum atomic E-state index is 11.3. The third kappa shape index (κ3) is 2.64. The maximum Gasteiger partial charge on any atom is 0.360 e. The van der Waals surface area contributed by atoms with Crippen LogP contribution in [0.1, 0.15) is 29.9 Å². The van der Waals surface area contributed by atoms with Crippen LogP contribution in [0, 0.1) is 6.92 Å². The smallest absolute Gasteiger partial charge is 0.360 e. The lowest BCUT2D eigenvalue weighted by Gasteiger charge is -2.17. The molecule has 0 radical (unpaired) electrons. The van der Waals surface area contributed by atoms with Crippen LogP contribution < -0.4 is 4.90 Å². The van der Waals surface area contributed by atoms with Gasteiger partial charge in [0.1, 0.15) is 0 Å². The molecule has 0 saturated carbocycles. The Balaban J connectivity index is 2.48. The van der Waals surface area contributed by atoms with Crippen molar-refractivity contribution in [3.8, 4) is 5.69 Å². The third-order valence-corrected chi connectivity index (χ3v) is 3.13. The molecule has 6 nitrogen and oxygen atoms in total. The first-order valence-corrected chi connectivity index (χ1v) is 6.59. The molecule has 0 amide bonds. The lowest BCUT2D eigenvalue weighted by molar-refractivity contribution is 0.0690. The molecule has 1 heterocycles. The van der Waals surface area contributed by atoms with Crippen molar-refractivity contribution in [3.05, 3.63) is 35.5 Å². The van der Waals surface area contributed by atoms with E-state index in [0.717, 1.165) is 11.3 Å². The van der Waals surface area contributed by atoms with Crippen molar-refractivity contribution in [1.82, 2.24) is 15.0 Å². The van der Waals surface area contributed by atoms with E-state index in [1.165, 1.54) is 4.80 Å². The number of hydrogen-bond acceptors (Lipinski definition) is 4. The molecule has 0 aliphatic carbocycles. The van der Waals surface area contributed by atoms with Crippen LogP contribution in [-0.2, 0) is 0 Å². The van der Waals surface area contributed by atoms with Crippen molar-refractivity contribution in [2.75, 3.05) is 18.0 Å². The van der Waals surface area contributed by atoms with Crippen LogP contribution in [0.4, 0.5) is 5.82 Å². The highest BCUT2D eigenvalue weighted by molar-refractivity contribution is 5.91. The van der Waals surface area contributed by atoms with Gasteiger partial charge in [-0.2, -0.15) is 0 Å². The number of benzene rings is 1. The van der Waals surface area contributed by atoms with Crippen molar-refractivity contribution in [2.24, 2.45) is 0 Å². The normalized spacial score (nSPS) is 10.6. The van der Waals surface area contributed by atoms with Crippen LogP contribution in [0.15, 0.2) is 24.3 Å². The summed E-state index contributed by atoms with van der Waals surface area (Å²) in [4.78, 5) is 14.6. The van der Waals surface area contributed by atoms with Gasteiger partial charge in [0.05, 0.1) is 5.69 Å². The van der Waals surface area contributed by atoms with E-state index >= 15 is 0 Å². The number of rotatable bonds is 5. The van der Waals surface area contributed by atoms with Crippen molar-refractivity contribution in [1.29, 1.82) is 0 Å². The standard InChI is InChI=1S/C14H18N4O2/c1-4-17(5-2)13-12(14(19)20)15-18(16-13)11-8-6-10(3)7-9-11/h6-9H,4-5H2,1-3H3,(H,19,20). The molecule has 1 aromatic heterocycles. The summed E-state index contributed by atoms with van der Waals surface area (Å²) < 4.78 is 0. The fourth-order valence-electron chi connectivity index (χ4n) is 1.97. The minimum atomic E-state index is -1.06. The molecule has 106 valence electrons. The summed E-state index contributed by atoms with van der Waals surface area (Å²) in [5, 5.41) is 17.7. The predicted molar refractivity (Wildman–Crippen MR) is 76.6 cm³/mol. The van der Waals surface area contributed by atoms with Gasteiger partial charge in [0.2, 0.25) is 5.69 Å². The SMILES string of the molecule is CCN(CC)c1nn(-c2ccc(C)cc2)nc1C(=O)O. The zero-order valence-electron chi connectivity index (χ0n) is 11.9. The monoisotopic (exact) mass is 274 g/mol. The van der Waals surface area contributed by atoms with Gasteiger partial charge in [0, 0.05) is 13.1 Å². The Hall–Kier alpha value is -2.37. The van der Waals surface area contributed by atoms with E-state index in [2.05, 4.69) is 10.2 Å². The Labute approximate surface area is 117 Å². The fourth-order valence-corrected chi connectivity index (χ4v) is 1.97. The number of carboxylic acid groups (broad SMARTS) is 1. The van der Waals surface area contributed by atoms with Gasteiger partial charge in [0.25, 0.3) is 0 Å². The molecular weight excluding hydrogens is 256 g/mol. The average Bonchev–Trinajstić information content (AvgIpc) is 2.86. The molecule has 2 rings (SSSR count). The summed E-state index contributed by atoms with van der Waals surface area (Å²) in [5.41, 5.74) is 1.86. The second kappa shape index (κ2) is 5.73. The van der Waals surface area contributed by atoms with Gasteiger partial charge >= 0.3 is 5.97 Å². The fraction of sp³-hybridized carbons (Fsp3) is 0.357. The van der Waals surface area contributed by atoms with Crippen molar-refractivity contribution >= 4 is 11.8 Å². The lowest BCUT2D eigenvalue weighted by Crippen LogP contribution is -2.24. The van der Waals surface area contributed by atoms with Gasteiger partial charge < -0.3 is 10.0 Å². The second-order valence-corrected chi connectivity index (χ2v) is 4.47. The molecule has 20 heavy (non-hydrogen) atoms. The molecule has 0 spiro atoms. The highest BCUT2D eigenvalue weighted by Crippen LogP contribution is 2.18. The topological polar surface area (TPSA) is 71.2 Å². The number of hydrogen-bond donors (Lipinski definition) is 1. The van der Waals surface area contributed by atoms with E-state index in [-0.39, 0.29) is 5.69 Å². The molecule has 0 aliphatic rings. The van der Waals surface area contributed by atoms with E-state index in [4.69, 9.17) is 0 Å². The maximum absolute atomic E-state index is 11.3. The Bertz CT molecular complexity index is 600. The molecule has 0 aliphatic heterocycles. The van der Waals surface area contributed by atoms with Gasteiger partial charge in [-0.25, -0.2) is 4.79 Å². The number of nitrogens with zero attached hydrogens (tertiary/aromatic N) is 4. The van der Waals surface area contributed by atoms with E-state index in [0.29, 0.717) is 18.9 Å². The summed E-state index contributed by atoms with van der Waals surface area (Å²) in [5.74, 6) is -0.659. The Morgan fingerprint density at radius 2 is 1.80 bits per heavy atom. The average molecular weight is 274 g/mol. The molecule has 0 saturated heterocycles. The predicted octanol–water partition coefficient (Wildman–Crippen LogP) is 2.12. The summed E-state index contributed by atoms with van der Waals surface area (Å²) in [6.07, 6.45) is 0. The first-order valence-electron chi connectivity index (χ1n) is 6.59. The molecule has 1 aromatic carbocycles. The summed E-state index contributed by atoms with van der Waals surface area (Å²) in [6, 6.07) is 7.62. The number of anilines is 1. The van der Waals surface area contributed by atoms with Crippen molar-refractivity contribution in [3.63, 3.8) is 0 Å². The number of aromatic nitrogens is 3. The summed E-state index contributed by atoms with van der Waals surface area (Å²) >= 11 is 0. The first-order chi connectivity index (χ1) is 9.56. The minimum Gasteiger partial charge on any atom is -0.476 e. The van der Waals surface area contributed by atoms with Gasteiger partial charge in [-0.1, -0.05) is 17.7 Å². The zero-order valence-corrected chi connectivity index (χ0v) is 11.9. The lowest BCUT2D eigenvalue weighted by atomic mass is 10.2. The molecule has 0 bridgehead atoms. The summed E-state index contributed by atoms with van der Waals surface area (Å²) in [6.45, 7) is 7.27. The molecule has 1 N–H and O–H groups in total. The van der Waals surface area contributed by atoms with Gasteiger partial charge in [-0.05, 0) is 32.9 Å². The van der Waals surface area contributed by atoms with Crippen LogP contribution >= 0.6 is 0 Å². The Morgan fingerprint density at radius 1 is 1.20 bits per heavy atom. The Kier molecular flexibility index (Phi) is 4.02. The largest absolute Gasteiger partial charge is 0.476 e. The highest BCUT2D eigenvalue weighted by Gasteiger charge is 2.21. The zero-order chi connectivity index (χ0) is 14.7. The van der Waals surface area contributed by atoms with Crippen molar-refractivity contribution < 1.29 is 9.90 Å². The molecule has 0 atom stereocenters. The van der Waals surface area contributed by atoms with Crippen LogP contribution in [0.3, 0.4) is 0 Å². The van der Waals surface area contributed by atoms with E-state index < -0.39 is 5.97 Å². The number of carboxylic acids is 1. The van der Waals surface area contributed by atoms with Crippen LogP contribution in [0.5, 0.6) is 0 Å². The Morgan fingerprint density at radius 3 is 2.30 bits per heavy atom. The first kappa shape index (κ1) is 14.0. The summed E-state index contributed by atoms with van der Waals surface area (Å²) in [7, 11) is 0. The van der Waals surface area contributed by atoms with Crippen LogP contribution in [0.25, 0.3) is 5.69 Å². The second-order valence-electron chi connectivity index (χ2n) is 4.47. The molecule has 0 unspecified atom stereocenters. The molecule has 0 fully saturated rings. The number of carbonyl (C=O) groups is 1. The van der Waals surface area contributed by atoms with Gasteiger partial charge in [0.15, 0.2) is 5.82 Å². The van der Waals surface area contributed by atoms with Crippen molar-refractivity contribution in [2.45, 2.75) is 20.8 Å². The van der Waals surface area contributed by atoms with E-state index in [1.807, 2.05) is 49.9 Å². The molecular formula is C14H18N4O2. The number of aryl methyl sites for hydroxylation is 1.